The monoisotopic (exact) mass is 551 g/mol. The Morgan fingerprint density at radius 1 is 0.943 bits per heavy atom. The van der Waals surface area contributed by atoms with E-state index in [1.165, 1.54) is 18.3 Å². The van der Waals surface area contributed by atoms with Crippen molar-refractivity contribution in [3.8, 4) is 5.75 Å². The van der Waals surface area contributed by atoms with Crippen LogP contribution in [-0.2, 0) is 21.4 Å². The van der Waals surface area contributed by atoms with Crippen molar-refractivity contribution in [3.05, 3.63) is 107 Å². The van der Waals surface area contributed by atoms with Gasteiger partial charge in [0.15, 0.2) is 0 Å². The highest BCUT2D eigenvalue weighted by molar-refractivity contribution is 9.10. The number of ether oxygens (including phenoxy) is 1. The van der Waals surface area contributed by atoms with Gasteiger partial charge in [0.2, 0.25) is 10.0 Å². The molecule has 0 heterocycles. The molecule has 0 radical (unpaired) electrons. The standard InChI is InChI=1S/C26H22BrN3O4S/c27-21-9-6-7-19(15-21)18-34-25-14-13-20-8-4-5-12-23(20)24(25)16-28-30-26(31)17-29-35(32,33)22-10-2-1-3-11-22/h1-16,29H,17-18H2,(H,30,31)/b28-16-. The molecule has 4 aromatic carbocycles. The molecule has 178 valence electrons. The predicted molar refractivity (Wildman–Crippen MR) is 140 cm³/mol. The minimum atomic E-state index is -3.79. The lowest BCUT2D eigenvalue weighted by molar-refractivity contribution is -0.119. The third-order valence-electron chi connectivity index (χ3n) is 5.07. The maximum atomic E-state index is 12.3. The van der Waals surface area contributed by atoms with Gasteiger partial charge in [-0.25, -0.2) is 18.6 Å². The van der Waals surface area contributed by atoms with E-state index in [1.807, 2.05) is 60.7 Å². The molecule has 0 bridgehead atoms. The minimum absolute atomic E-state index is 0.0827. The zero-order chi connectivity index (χ0) is 24.7. The summed E-state index contributed by atoms with van der Waals surface area (Å²) in [5, 5.41) is 5.94. The normalized spacial score (nSPS) is 11.6. The molecule has 4 rings (SSSR count). The van der Waals surface area contributed by atoms with E-state index in [-0.39, 0.29) is 4.90 Å². The van der Waals surface area contributed by atoms with Crippen LogP contribution in [0.25, 0.3) is 10.8 Å². The lowest BCUT2D eigenvalue weighted by Gasteiger charge is -2.12. The number of nitrogens with one attached hydrogen (secondary N) is 2. The van der Waals surface area contributed by atoms with Gasteiger partial charge in [0.1, 0.15) is 12.4 Å². The van der Waals surface area contributed by atoms with Gasteiger partial charge in [-0.2, -0.15) is 5.10 Å². The number of hydrazone groups is 1. The number of halogens is 1. The summed E-state index contributed by atoms with van der Waals surface area (Å²) in [6.07, 6.45) is 1.50. The number of sulfonamides is 1. The summed E-state index contributed by atoms with van der Waals surface area (Å²) in [4.78, 5) is 12.3. The molecule has 2 N–H and O–H groups in total. The van der Waals surface area contributed by atoms with Crippen molar-refractivity contribution in [3.63, 3.8) is 0 Å². The maximum Gasteiger partial charge on any atom is 0.255 e. The van der Waals surface area contributed by atoms with Crippen LogP contribution in [0.2, 0.25) is 0 Å². The molecule has 4 aromatic rings. The van der Waals surface area contributed by atoms with E-state index in [2.05, 4.69) is 31.2 Å². The fourth-order valence-corrected chi connectivity index (χ4v) is 4.82. The number of nitrogens with zero attached hydrogens (tertiary/aromatic N) is 1. The Kier molecular flexibility index (Phi) is 7.91. The van der Waals surface area contributed by atoms with Crippen LogP contribution in [0.3, 0.4) is 0 Å². The van der Waals surface area contributed by atoms with Crippen LogP contribution in [0, 0.1) is 0 Å². The first-order valence-electron chi connectivity index (χ1n) is 10.7. The van der Waals surface area contributed by atoms with Gasteiger partial charge in [-0.3, -0.25) is 4.79 Å². The first-order valence-corrected chi connectivity index (χ1v) is 13.0. The molecule has 0 aliphatic heterocycles. The van der Waals surface area contributed by atoms with E-state index in [4.69, 9.17) is 4.74 Å². The van der Waals surface area contributed by atoms with Crippen molar-refractivity contribution in [2.45, 2.75) is 11.5 Å². The Balaban J connectivity index is 1.46. The summed E-state index contributed by atoms with van der Waals surface area (Å²) < 4.78 is 33.9. The van der Waals surface area contributed by atoms with Gasteiger partial charge in [-0.1, -0.05) is 76.6 Å². The van der Waals surface area contributed by atoms with Gasteiger partial charge in [-0.05, 0) is 46.7 Å². The van der Waals surface area contributed by atoms with Gasteiger partial charge in [0, 0.05) is 10.0 Å². The van der Waals surface area contributed by atoms with E-state index in [9.17, 15) is 13.2 Å². The van der Waals surface area contributed by atoms with E-state index < -0.39 is 22.5 Å². The summed E-state index contributed by atoms with van der Waals surface area (Å²) in [6.45, 7) is -0.0947. The minimum Gasteiger partial charge on any atom is -0.488 e. The summed E-state index contributed by atoms with van der Waals surface area (Å²) in [6, 6.07) is 27.2. The highest BCUT2D eigenvalue weighted by Gasteiger charge is 2.14. The average molecular weight is 552 g/mol. The first-order chi connectivity index (χ1) is 16.9. The van der Waals surface area contributed by atoms with Crippen molar-refractivity contribution < 1.29 is 17.9 Å². The lowest BCUT2D eigenvalue weighted by Crippen LogP contribution is -2.34. The summed E-state index contributed by atoms with van der Waals surface area (Å²) >= 11 is 3.46. The number of carbonyl (C=O) groups excluding carboxylic acids is 1. The highest BCUT2D eigenvalue weighted by Crippen LogP contribution is 2.27. The number of hydrogen-bond acceptors (Lipinski definition) is 5. The third-order valence-corrected chi connectivity index (χ3v) is 6.98. The van der Waals surface area contributed by atoms with Crippen molar-refractivity contribution in [1.29, 1.82) is 0 Å². The molecule has 35 heavy (non-hydrogen) atoms. The number of fused-ring (bicyclic) bond motifs is 1. The van der Waals surface area contributed by atoms with Crippen LogP contribution < -0.4 is 14.9 Å². The Hall–Kier alpha value is -3.53. The van der Waals surface area contributed by atoms with Crippen molar-refractivity contribution >= 4 is 48.8 Å². The van der Waals surface area contributed by atoms with Gasteiger partial charge < -0.3 is 4.74 Å². The second-order valence-corrected chi connectivity index (χ2v) is 10.2. The summed E-state index contributed by atoms with van der Waals surface area (Å²) in [5.41, 5.74) is 4.06. The van der Waals surface area contributed by atoms with Crippen LogP contribution in [-0.4, -0.2) is 27.1 Å². The molecule has 0 aromatic heterocycles. The molecule has 0 atom stereocenters. The van der Waals surface area contributed by atoms with E-state index in [0.29, 0.717) is 17.9 Å². The Bertz CT molecular complexity index is 1470. The number of amides is 1. The Morgan fingerprint density at radius 3 is 2.51 bits per heavy atom. The fraction of sp³-hybridized carbons (Fsp3) is 0.0769. The van der Waals surface area contributed by atoms with Gasteiger partial charge >= 0.3 is 0 Å². The highest BCUT2D eigenvalue weighted by atomic mass is 79.9. The molecular weight excluding hydrogens is 530 g/mol. The van der Waals surface area contributed by atoms with Crippen LogP contribution in [0.4, 0.5) is 0 Å². The lowest BCUT2D eigenvalue weighted by atomic mass is 10.0. The topological polar surface area (TPSA) is 96.9 Å². The Morgan fingerprint density at radius 2 is 1.71 bits per heavy atom. The molecule has 0 fully saturated rings. The van der Waals surface area contributed by atoms with Crippen molar-refractivity contribution in [2.75, 3.05) is 6.54 Å². The molecule has 9 heteroatoms. The summed E-state index contributed by atoms with van der Waals surface area (Å²) in [7, 11) is -3.79. The molecule has 0 spiro atoms. The van der Waals surface area contributed by atoms with E-state index >= 15 is 0 Å². The second kappa shape index (κ2) is 11.3. The fourth-order valence-electron chi connectivity index (χ4n) is 3.37. The van der Waals surface area contributed by atoms with Crippen molar-refractivity contribution in [1.82, 2.24) is 10.1 Å². The molecular formula is C26H22BrN3O4S. The number of hydrogen-bond donors (Lipinski definition) is 2. The quantitative estimate of drug-likeness (QED) is 0.234. The van der Waals surface area contributed by atoms with Gasteiger partial charge in [-0.15, -0.1) is 0 Å². The van der Waals surface area contributed by atoms with Gasteiger partial charge in [0.05, 0.1) is 17.7 Å². The maximum absolute atomic E-state index is 12.3. The Labute approximate surface area is 212 Å². The average Bonchev–Trinajstić information content (AvgIpc) is 2.87. The smallest absolute Gasteiger partial charge is 0.255 e. The second-order valence-electron chi connectivity index (χ2n) is 7.55. The third kappa shape index (κ3) is 6.54. The van der Waals surface area contributed by atoms with Crippen LogP contribution >= 0.6 is 15.9 Å². The SMILES string of the molecule is O=C(CNS(=O)(=O)c1ccccc1)N/N=C\c1c(OCc2cccc(Br)c2)ccc2ccccc12. The molecule has 0 aliphatic carbocycles. The molecule has 0 saturated heterocycles. The zero-order valence-corrected chi connectivity index (χ0v) is 20.9. The molecule has 0 unspecified atom stereocenters. The number of benzene rings is 4. The van der Waals surface area contributed by atoms with E-state index in [0.717, 1.165) is 20.8 Å². The number of rotatable bonds is 9. The first kappa shape index (κ1) is 24.6. The summed E-state index contributed by atoms with van der Waals surface area (Å²) in [5.74, 6) is 0.00375. The largest absolute Gasteiger partial charge is 0.488 e. The molecule has 7 nitrogen and oxygen atoms in total. The van der Waals surface area contributed by atoms with Crippen LogP contribution in [0.15, 0.2) is 105 Å². The van der Waals surface area contributed by atoms with Crippen LogP contribution in [0.1, 0.15) is 11.1 Å². The van der Waals surface area contributed by atoms with Gasteiger partial charge in [0.25, 0.3) is 5.91 Å². The predicted octanol–water partition coefficient (Wildman–Crippen LogP) is 4.61. The van der Waals surface area contributed by atoms with E-state index in [1.54, 1.807) is 18.2 Å². The molecule has 0 saturated carbocycles. The zero-order valence-electron chi connectivity index (χ0n) is 18.5. The number of carbonyl (C=O) groups is 1. The molecule has 1 amide bonds. The van der Waals surface area contributed by atoms with Crippen molar-refractivity contribution in [2.24, 2.45) is 5.10 Å². The molecule has 0 aliphatic rings. The van der Waals surface area contributed by atoms with Crippen LogP contribution in [0.5, 0.6) is 5.75 Å².